The molecule has 0 aromatic rings. The quantitative estimate of drug-likeness (QED) is 0.771. The zero-order valence-corrected chi connectivity index (χ0v) is 11.7. The molecule has 0 aliphatic heterocycles. The summed E-state index contributed by atoms with van der Waals surface area (Å²) in [5.74, 6) is 1.83. The Hall–Kier alpha value is -0.0800. The second-order valence-electron chi connectivity index (χ2n) is 6.29. The number of nitrogens with zero attached hydrogens (tertiary/aromatic N) is 1. The average molecular weight is 238 g/mol. The third-order valence-corrected chi connectivity index (χ3v) is 4.77. The van der Waals surface area contributed by atoms with Crippen molar-refractivity contribution in [1.82, 2.24) is 4.90 Å². The number of nitrogens with two attached hydrogens (primary N) is 1. The van der Waals surface area contributed by atoms with Crippen molar-refractivity contribution in [2.45, 2.75) is 70.9 Å². The normalized spacial score (nSPS) is 31.8. The monoisotopic (exact) mass is 238 g/mol. The van der Waals surface area contributed by atoms with Crippen LogP contribution in [-0.2, 0) is 0 Å². The van der Waals surface area contributed by atoms with Gasteiger partial charge < -0.3 is 5.73 Å². The lowest BCUT2D eigenvalue weighted by Gasteiger charge is -2.39. The van der Waals surface area contributed by atoms with Crippen LogP contribution in [0, 0.1) is 11.8 Å². The van der Waals surface area contributed by atoms with E-state index in [1.54, 1.807) is 0 Å². The maximum Gasteiger partial charge on any atom is 0.0249 e. The van der Waals surface area contributed by atoms with Gasteiger partial charge in [-0.3, -0.25) is 4.90 Å². The van der Waals surface area contributed by atoms with Crippen LogP contribution in [0.5, 0.6) is 0 Å². The number of hydrogen-bond donors (Lipinski definition) is 1. The predicted octanol–water partition coefficient (Wildman–Crippen LogP) is 3.01. The van der Waals surface area contributed by atoms with E-state index in [9.17, 15) is 0 Å². The molecule has 2 nitrogen and oxygen atoms in total. The lowest BCUT2D eigenvalue weighted by atomic mass is 9.78. The van der Waals surface area contributed by atoms with Gasteiger partial charge in [-0.25, -0.2) is 0 Å². The molecule has 2 rings (SSSR count). The zero-order valence-electron chi connectivity index (χ0n) is 11.7. The van der Waals surface area contributed by atoms with E-state index >= 15 is 0 Å². The Morgan fingerprint density at radius 2 is 1.76 bits per heavy atom. The molecule has 2 aliphatic rings. The van der Waals surface area contributed by atoms with Gasteiger partial charge in [0.25, 0.3) is 0 Å². The lowest BCUT2D eigenvalue weighted by molar-refractivity contribution is 0.104. The molecule has 2 saturated carbocycles. The van der Waals surface area contributed by atoms with E-state index in [1.165, 1.54) is 51.5 Å². The van der Waals surface area contributed by atoms with Crippen LogP contribution >= 0.6 is 0 Å². The smallest absolute Gasteiger partial charge is 0.0249 e. The van der Waals surface area contributed by atoms with E-state index in [-0.39, 0.29) is 0 Å². The zero-order chi connectivity index (χ0) is 12.3. The molecule has 0 amide bonds. The molecule has 100 valence electrons. The highest BCUT2D eigenvalue weighted by Gasteiger charge is 2.37. The summed E-state index contributed by atoms with van der Waals surface area (Å²) in [5.41, 5.74) is 6.09. The first-order valence-electron chi connectivity index (χ1n) is 7.72. The minimum Gasteiger partial charge on any atom is -0.329 e. The molecule has 0 saturated heterocycles. The summed E-state index contributed by atoms with van der Waals surface area (Å²) >= 11 is 0. The maximum absolute atomic E-state index is 6.09. The molecule has 1 unspecified atom stereocenters. The lowest BCUT2D eigenvalue weighted by Crippen LogP contribution is -2.48. The van der Waals surface area contributed by atoms with Crippen LogP contribution in [0.4, 0.5) is 0 Å². The fraction of sp³-hybridized carbons (Fsp3) is 1.00. The van der Waals surface area contributed by atoms with Crippen LogP contribution < -0.4 is 5.73 Å². The highest BCUT2D eigenvalue weighted by molar-refractivity contribution is 4.92. The molecule has 0 radical (unpaired) electrons. The Balaban J connectivity index is 1.93. The van der Waals surface area contributed by atoms with Crippen molar-refractivity contribution in [3.8, 4) is 0 Å². The molecule has 17 heavy (non-hydrogen) atoms. The minimum atomic E-state index is 0.676. The van der Waals surface area contributed by atoms with E-state index < -0.39 is 0 Å². The fourth-order valence-electron chi connectivity index (χ4n) is 3.55. The molecule has 2 fully saturated rings. The van der Waals surface area contributed by atoms with Gasteiger partial charge in [0.2, 0.25) is 0 Å². The van der Waals surface area contributed by atoms with Gasteiger partial charge in [0.15, 0.2) is 0 Å². The molecule has 1 atom stereocenters. The second kappa shape index (κ2) is 6.19. The molecular weight excluding hydrogens is 208 g/mol. The van der Waals surface area contributed by atoms with E-state index in [1.807, 2.05) is 0 Å². The molecule has 0 aromatic heterocycles. The first kappa shape index (κ1) is 13.4. The Kier molecular flexibility index (Phi) is 4.87. The number of rotatable bonds is 6. The summed E-state index contributed by atoms with van der Waals surface area (Å²) < 4.78 is 0. The van der Waals surface area contributed by atoms with Crippen LogP contribution in [0.2, 0.25) is 0 Å². The molecular formula is C15H30N2. The Labute approximate surface area is 107 Å². The highest BCUT2D eigenvalue weighted by Crippen LogP contribution is 2.36. The van der Waals surface area contributed by atoms with Crippen LogP contribution in [0.25, 0.3) is 0 Å². The summed E-state index contributed by atoms with van der Waals surface area (Å²) in [4.78, 5) is 2.75. The van der Waals surface area contributed by atoms with Crippen molar-refractivity contribution in [2.24, 2.45) is 17.6 Å². The van der Waals surface area contributed by atoms with Gasteiger partial charge in [0, 0.05) is 18.6 Å². The predicted molar refractivity (Wildman–Crippen MR) is 74.0 cm³/mol. The Morgan fingerprint density at radius 1 is 1.12 bits per heavy atom. The van der Waals surface area contributed by atoms with Gasteiger partial charge >= 0.3 is 0 Å². The minimum absolute atomic E-state index is 0.676. The largest absolute Gasteiger partial charge is 0.329 e. The first-order chi connectivity index (χ1) is 8.26. The standard InChI is InChI=1S/C15H30N2/c1-3-10-17(14-8-9-14)15(11-16)13-6-4-12(2)5-7-13/h12-15H,3-11,16H2,1-2H3. The van der Waals surface area contributed by atoms with E-state index in [2.05, 4.69) is 18.7 Å². The highest BCUT2D eigenvalue weighted by atomic mass is 15.2. The summed E-state index contributed by atoms with van der Waals surface area (Å²) in [6.45, 7) is 6.83. The third-order valence-electron chi connectivity index (χ3n) is 4.77. The fourth-order valence-corrected chi connectivity index (χ4v) is 3.55. The Morgan fingerprint density at radius 3 is 2.24 bits per heavy atom. The number of hydrogen-bond acceptors (Lipinski definition) is 2. The van der Waals surface area contributed by atoms with Crippen LogP contribution in [0.3, 0.4) is 0 Å². The van der Waals surface area contributed by atoms with Crippen molar-refractivity contribution < 1.29 is 0 Å². The van der Waals surface area contributed by atoms with Crippen molar-refractivity contribution in [1.29, 1.82) is 0 Å². The van der Waals surface area contributed by atoms with E-state index in [0.29, 0.717) is 6.04 Å². The topological polar surface area (TPSA) is 29.3 Å². The first-order valence-corrected chi connectivity index (χ1v) is 7.72. The van der Waals surface area contributed by atoms with Crippen molar-refractivity contribution in [3.05, 3.63) is 0 Å². The van der Waals surface area contributed by atoms with Crippen molar-refractivity contribution in [2.75, 3.05) is 13.1 Å². The molecule has 2 aliphatic carbocycles. The molecule has 0 heterocycles. The molecule has 0 bridgehead atoms. The van der Waals surface area contributed by atoms with E-state index in [0.717, 1.165) is 24.4 Å². The van der Waals surface area contributed by atoms with Crippen molar-refractivity contribution in [3.63, 3.8) is 0 Å². The molecule has 0 spiro atoms. The third kappa shape index (κ3) is 3.45. The summed E-state index contributed by atoms with van der Waals surface area (Å²) in [5, 5.41) is 0. The molecule has 2 N–H and O–H groups in total. The van der Waals surface area contributed by atoms with Gasteiger partial charge in [-0.1, -0.05) is 26.7 Å². The van der Waals surface area contributed by atoms with Crippen LogP contribution in [-0.4, -0.2) is 30.1 Å². The van der Waals surface area contributed by atoms with Gasteiger partial charge in [-0.15, -0.1) is 0 Å². The van der Waals surface area contributed by atoms with Crippen molar-refractivity contribution >= 4 is 0 Å². The van der Waals surface area contributed by atoms with Gasteiger partial charge in [0.1, 0.15) is 0 Å². The SMILES string of the molecule is CCCN(C1CC1)C(CN)C1CCC(C)CC1. The van der Waals surface area contributed by atoms with Gasteiger partial charge in [0.05, 0.1) is 0 Å². The summed E-state index contributed by atoms with van der Waals surface area (Å²) in [7, 11) is 0. The van der Waals surface area contributed by atoms with E-state index in [4.69, 9.17) is 5.73 Å². The van der Waals surface area contributed by atoms with Gasteiger partial charge in [-0.05, 0) is 50.5 Å². The second-order valence-corrected chi connectivity index (χ2v) is 6.29. The Bertz CT molecular complexity index is 217. The molecule has 2 heteroatoms. The van der Waals surface area contributed by atoms with Crippen LogP contribution in [0.1, 0.15) is 58.8 Å². The average Bonchev–Trinajstić information content (AvgIpc) is 3.15. The summed E-state index contributed by atoms with van der Waals surface area (Å²) in [6.07, 6.45) is 9.78. The van der Waals surface area contributed by atoms with Crippen LogP contribution in [0.15, 0.2) is 0 Å². The van der Waals surface area contributed by atoms with Gasteiger partial charge in [-0.2, -0.15) is 0 Å². The molecule has 0 aromatic carbocycles. The summed E-state index contributed by atoms with van der Waals surface area (Å²) in [6, 6.07) is 1.55. The maximum atomic E-state index is 6.09.